The molecule has 6 heteroatoms. The second-order valence-corrected chi connectivity index (χ2v) is 7.92. The molecule has 1 aromatic rings. The van der Waals surface area contributed by atoms with Crippen molar-refractivity contribution in [2.45, 2.75) is 26.7 Å². The molecule has 6 nitrogen and oxygen atoms in total. The Morgan fingerprint density at radius 3 is 2.46 bits per heavy atom. The first-order valence-corrected chi connectivity index (χ1v) is 9.50. The summed E-state index contributed by atoms with van der Waals surface area (Å²) in [5, 5.41) is 0. The molecule has 1 aromatic carbocycles. The first-order chi connectivity index (χ1) is 12.5. The summed E-state index contributed by atoms with van der Waals surface area (Å²) in [6.45, 7) is 7.48. The largest absolute Gasteiger partial charge is 0.486 e. The van der Waals surface area contributed by atoms with Crippen LogP contribution in [-0.2, 0) is 9.59 Å². The molecule has 0 aliphatic carbocycles. The average molecular weight is 358 g/mol. The van der Waals surface area contributed by atoms with Gasteiger partial charge < -0.3 is 19.3 Å². The van der Waals surface area contributed by atoms with Gasteiger partial charge in [0.2, 0.25) is 11.8 Å². The maximum atomic E-state index is 12.9. The van der Waals surface area contributed by atoms with Gasteiger partial charge in [0.1, 0.15) is 13.2 Å². The molecule has 0 N–H and O–H groups in total. The van der Waals surface area contributed by atoms with Crippen LogP contribution in [0.15, 0.2) is 18.2 Å². The first-order valence-electron chi connectivity index (χ1n) is 9.50. The zero-order chi connectivity index (χ0) is 18.3. The van der Waals surface area contributed by atoms with Crippen LogP contribution in [-0.4, -0.2) is 49.6 Å². The summed E-state index contributed by atoms with van der Waals surface area (Å²) in [6, 6.07) is 5.54. The lowest BCUT2D eigenvalue weighted by Crippen LogP contribution is -2.45. The molecule has 0 bridgehead atoms. The molecule has 0 radical (unpaired) electrons. The van der Waals surface area contributed by atoms with Crippen molar-refractivity contribution in [3.8, 4) is 11.5 Å². The van der Waals surface area contributed by atoms with E-state index in [-0.39, 0.29) is 24.2 Å². The number of amides is 2. The minimum atomic E-state index is -0.256. The van der Waals surface area contributed by atoms with E-state index in [1.807, 2.05) is 23.1 Å². The highest BCUT2D eigenvalue weighted by atomic mass is 16.6. The molecule has 4 rings (SSSR count). The summed E-state index contributed by atoms with van der Waals surface area (Å²) in [4.78, 5) is 29.2. The van der Waals surface area contributed by atoms with E-state index in [2.05, 4.69) is 13.8 Å². The lowest BCUT2D eigenvalue weighted by atomic mass is 9.91. The lowest BCUT2D eigenvalue weighted by molar-refractivity contribution is -0.138. The van der Waals surface area contributed by atoms with Crippen molar-refractivity contribution >= 4 is 17.5 Å². The van der Waals surface area contributed by atoms with Gasteiger partial charge >= 0.3 is 0 Å². The Kier molecular flexibility index (Phi) is 4.51. The van der Waals surface area contributed by atoms with Crippen molar-refractivity contribution in [3.63, 3.8) is 0 Å². The van der Waals surface area contributed by atoms with Crippen molar-refractivity contribution in [3.05, 3.63) is 18.2 Å². The third kappa shape index (κ3) is 3.24. The van der Waals surface area contributed by atoms with Crippen LogP contribution in [0, 0.1) is 17.8 Å². The highest BCUT2D eigenvalue weighted by Gasteiger charge is 2.39. The van der Waals surface area contributed by atoms with Crippen LogP contribution >= 0.6 is 0 Å². The van der Waals surface area contributed by atoms with Crippen LogP contribution in [0.2, 0.25) is 0 Å². The van der Waals surface area contributed by atoms with Crippen molar-refractivity contribution in [1.82, 2.24) is 4.90 Å². The quantitative estimate of drug-likeness (QED) is 0.814. The Bertz CT molecular complexity index is 710. The van der Waals surface area contributed by atoms with E-state index in [1.54, 1.807) is 4.90 Å². The Hall–Kier alpha value is -2.24. The molecule has 3 heterocycles. The SMILES string of the molecule is CC1CC(C)CN(C(=O)C2CC(=O)N(c3ccc4c(c3)OCCO4)C2)C1. The van der Waals surface area contributed by atoms with Crippen LogP contribution < -0.4 is 14.4 Å². The smallest absolute Gasteiger partial charge is 0.228 e. The minimum absolute atomic E-state index is 0.00173. The number of nitrogens with zero attached hydrogens (tertiary/aromatic N) is 2. The number of carbonyl (C=O) groups excluding carboxylic acids is 2. The van der Waals surface area contributed by atoms with Crippen LogP contribution in [0.1, 0.15) is 26.7 Å². The summed E-state index contributed by atoms with van der Waals surface area (Å²) in [7, 11) is 0. The summed E-state index contributed by atoms with van der Waals surface area (Å²) < 4.78 is 11.2. The molecule has 3 atom stereocenters. The first kappa shape index (κ1) is 17.2. The van der Waals surface area contributed by atoms with Crippen molar-refractivity contribution in [2.24, 2.45) is 17.8 Å². The molecule has 0 aromatic heterocycles. The number of anilines is 1. The Labute approximate surface area is 154 Å². The van der Waals surface area contributed by atoms with Gasteiger partial charge in [0.15, 0.2) is 11.5 Å². The van der Waals surface area contributed by atoms with Crippen LogP contribution in [0.3, 0.4) is 0 Å². The number of carbonyl (C=O) groups is 2. The third-order valence-electron chi connectivity index (χ3n) is 5.49. The topological polar surface area (TPSA) is 59.1 Å². The predicted octanol–water partition coefficient (Wildman–Crippen LogP) is 2.32. The number of piperidine rings is 1. The second kappa shape index (κ2) is 6.82. The summed E-state index contributed by atoms with van der Waals surface area (Å²) in [5.41, 5.74) is 0.773. The molecule has 2 fully saturated rings. The number of rotatable bonds is 2. The normalized spacial score (nSPS) is 28.4. The fraction of sp³-hybridized carbons (Fsp3) is 0.600. The number of hydrogen-bond donors (Lipinski definition) is 0. The van der Waals surface area contributed by atoms with Gasteiger partial charge in [-0.05, 0) is 30.4 Å². The number of ether oxygens (including phenoxy) is 2. The maximum Gasteiger partial charge on any atom is 0.228 e. The van der Waals surface area contributed by atoms with Gasteiger partial charge in [0.25, 0.3) is 0 Å². The number of likely N-dealkylation sites (tertiary alicyclic amines) is 1. The van der Waals surface area contributed by atoms with Crippen molar-refractivity contribution < 1.29 is 19.1 Å². The van der Waals surface area contributed by atoms with E-state index in [0.29, 0.717) is 43.1 Å². The Morgan fingerprint density at radius 1 is 1.04 bits per heavy atom. The fourth-order valence-electron chi connectivity index (χ4n) is 4.42. The molecule has 0 spiro atoms. The van der Waals surface area contributed by atoms with E-state index >= 15 is 0 Å². The van der Waals surface area contributed by atoms with Gasteiger partial charge in [-0.25, -0.2) is 0 Å². The second-order valence-electron chi connectivity index (χ2n) is 7.92. The van der Waals surface area contributed by atoms with Crippen molar-refractivity contribution in [2.75, 3.05) is 37.7 Å². The predicted molar refractivity (Wildman–Crippen MR) is 97.4 cm³/mol. The summed E-state index contributed by atoms with van der Waals surface area (Å²) in [6.07, 6.45) is 1.45. The zero-order valence-electron chi connectivity index (χ0n) is 15.4. The molecule has 0 saturated carbocycles. The molecular weight excluding hydrogens is 332 g/mol. The number of benzene rings is 1. The van der Waals surface area contributed by atoms with E-state index in [0.717, 1.165) is 25.2 Å². The van der Waals surface area contributed by atoms with Crippen LogP contribution in [0.5, 0.6) is 11.5 Å². The van der Waals surface area contributed by atoms with Gasteiger partial charge in [0, 0.05) is 37.8 Å². The zero-order valence-corrected chi connectivity index (χ0v) is 15.4. The summed E-state index contributed by atoms with van der Waals surface area (Å²) >= 11 is 0. The van der Waals surface area contributed by atoms with E-state index in [9.17, 15) is 9.59 Å². The van der Waals surface area contributed by atoms with Gasteiger partial charge in [-0.3, -0.25) is 9.59 Å². The molecule has 3 unspecified atom stereocenters. The standard InChI is InChI=1S/C20H26N2O4/c1-13-7-14(2)11-21(10-13)20(24)15-8-19(23)22(12-15)16-3-4-17-18(9-16)26-6-5-25-17/h3-4,9,13-15H,5-8,10-12H2,1-2H3. The lowest BCUT2D eigenvalue weighted by Gasteiger charge is -2.36. The van der Waals surface area contributed by atoms with Crippen molar-refractivity contribution in [1.29, 1.82) is 0 Å². The average Bonchev–Trinajstić information content (AvgIpc) is 3.01. The Balaban J connectivity index is 1.47. The summed E-state index contributed by atoms with van der Waals surface area (Å²) in [5.74, 6) is 2.27. The molecule has 26 heavy (non-hydrogen) atoms. The van der Waals surface area contributed by atoms with E-state index in [1.165, 1.54) is 0 Å². The highest BCUT2D eigenvalue weighted by molar-refractivity contribution is 6.00. The number of fused-ring (bicyclic) bond motifs is 1. The molecule has 3 aliphatic heterocycles. The highest BCUT2D eigenvalue weighted by Crippen LogP contribution is 2.36. The van der Waals surface area contributed by atoms with Gasteiger partial charge in [-0.1, -0.05) is 13.8 Å². The Morgan fingerprint density at radius 2 is 1.73 bits per heavy atom. The van der Waals surface area contributed by atoms with Crippen LogP contribution in [0.4, 0.5) is 5.69 Å². The minimum Gasteiger partial charge on any atom is -0.486 e. The molecular formula is C20H26N2O4. The maximum absolute atomic E-state index is 12.9. The van der Waals surface area contributed by atoms with E-state index in [4.69, 9.17) is 9.47 Å². The molecule has 2 saturated heterocycles. The fourth-order valence-corrected chi connectivity index (χ4v) is 4.42. The monoisotopic (exact) mass is 358 g/mol. The van der Waals surface area contributed by atoms with Gasteiger partial charge in [0.05, 0.1) is 5.92 Å². The third-order valence-corrected chi connectivity index (χ3v) is 5.49. The molecule has 140 valence electrons. The molecule has 3 aliphatic rings. The molecule has 2 amide bonds. The van der Waals surface area contributed by atoms with Gasteiger partial charge in [-0.15, -0.1) is 0 Å². The van der Waals surface area contributed by atoms with E-state index < -0.39 is 0 Å². The number of hydrogen-bond acceptors (Lipinski definition) is 4. The van der Waals surface area contributed by atoms with Gasteiger partial charge in [-0.2, -0.15) is 0 Å². The van der Waals surface area contributed by atoms with Crippen LogP contribution in [0.25, 0.3) is 0 Å².